The van der Waals surface area contributed by atoms with Crippen LogP contribution in [-0.4, -0.2) is 77.1 Å². The van der Waals surface area contributed by atoms with Crippen molar-refractivity contribution in [1.82, 2.24) is 24.0 Å². The van der Waals surface area contributed by atoms with Crippen LogP contribution in [-0.2, 0) is 21.3 Å². The number of rotatable bonds is 8. The fraction of sp³-hybridized carbons (Fsp3) is 0.475. The van der Waals surface area contributed by atoms with Gasteiger partial charge in [-0.1, -0.05) is 25.3 Å². The first-order valence-corrected chi connectivity index (χ1v) is 20.1. The number of morpholine rings is 1. The molecule has 1 saturated carbocycles. The molecular weight excluding hydrogens is 679 g/mol. The van der Waals surface area contributed by atoms with E-state index in [9.17, 15) is 18.0 Å². The van der Waals surface area contributed by atoms with Crippen molar-refractivity contribution < 1.29 is 27.5 Å². The molecule has 2 bridgehead atoms. The smallest absolute Gasteiger partial charge is 0.264 e. The normalized spacial score (nSPS) is 20.3. The number of carbonyl (C=O) groups excluding carboxylic acids is 2. The van der Waals surface area contributed by atoms with Gasteiger partial charge in [0.2, 0.25) is 10.0 Å². The van der Waals surface area contributed by atoms with Crippen LogP contribution in [0.3, 0.4) is 0 Å². The van der Waals surface area contributed by atoms with E-state index in [1.54, 1.807) is 33.2 Å². The minimum Gasteiger partial charge on any atom is -0.497 e. The van der Waals surface area contributed by atoms with Gasteiger partial charge in [0.1, 0.15) is 5.75 Å². The Morgan fingerprint density at radius 2 is 1.81 bits per heavy atom. The van der Waals surface area contributed by atoms with Crippen LogP contribution in [0.5, 0.6) is 5.75 Å². The molecule has 12 heteroatoms. The van der Waals surface area contributed by atoms with Gasteiger partial charge in [-0.2, -0.15) is 5.10 Å². The predicted molar refractivity (Wildman–Crippen MR) is 201 cm³/mol. The summed E-state index contributed by atoms with van der Waals surface area (Å²) in [6.45, 7) is 8.76. The summed E-state index contributed by atoms with van der Waals surface area (Å²) in [5, 5.41) is 5.10. The van der Waals surface area contributed by atoms with Crippen LogP contribution in [0.15, 0.2) is 42.6 Å². The third-order valence-corrected chi connectivity index (χ3v) is 13.1. The third kappa shape index (κ3) is 5.84. The van der Waals surface area contributed by atoms with Crippen molar-refractivity contribution in [3.8, 4) is 17.0 Å². The van der Waals surface area contributed by atoms with Crippen molar-refractivity contribution in [2.45, 2.75) is 102 Å². The number of nitrogens with zero attached hydrogens (tertiary/aromatic N) is 4. The molecule has 2 aromatic carbocycles. The maximum atomic E-state index is 14.4. The van der Waals surface area contributed by atoms with Crippen molar-refractivity contribution in [3.05, 3.63) is 70.5 Å². The number of methoxy groups -OCH3 is 1. The van der Waals surface area contributed by atoms with Crippen molar-refractivity contribution in [3.63, 3.8) is 0 Å². The number of sulfonamides is 1. The number of nitrogens with one attached hydrogen (secondary N) is 1. The van der Waals surface area contributed by atoms with Crippen molar-refractivity contribution in [1.29, 1.82) is 0 Å². The van der Waals surface area contributed by atoms with E-state index in [0.717, 1.165) is 76.8 Å². The van der Waals surface area contributed by atoms with Crippen molar-refractivity contribution in [2.75, 3.05) is 20.3 Å². The number of hydrogen-bond donors (Lipinski definition) is 1. The Bertz CT molecular complexity index is 2230. The topological polar surface area (TPSA) is 125 Å². The van der Waals surface area contributed by atoms with Crippen LogP contribution in [0.1, 0.15) is 116 Å². The zero-order valence-corrected chi connectivity index (χ0v) is 31.3. The van der Waals surface area contributed by atoms with Crippen LogP contribution < -0.4 is 9.46 Å². The van der Waals surface area contributed by atoms with E-state index in [2.05, 4.69) is 41.3 Å². The molecule has 2 saturated heterocycles. The van der Waals surface area contributed by atoms with Gasteiger partial charge in [-0.3, -0.25) is 14.3 Å². The first-order chi connectivity index (χ1) is 24.9. The number of amides is 2. The molecule has 3 fully saturated rings. The largest absolute Gasteiger partial charge is 0.497 e. The van der Waals surface area contributed by atoms with Crippen LogP contribution in [0.2, 0.25) is 0 Å². The molecule has 3 aliphatic heterocycles. The number of hydrogen-bond acceptors (Lipinski definition) is 7. The Labute approximate surface area is 305 Å². The number of benzene rings is 2. The van der Waals surface area contributed by atoms with E-state index >= 15 is 0 Å². The van der Waals surface area contributed by atoms with Crippen LogP contribution in [0.4, 0.5) is 0 Å². The Hall–Kier alpha value is -4.42. The average molecular weight is 726 g/mol. The maximum Gasteiger partial charge on any atom is 0.264 e. The lowest BCUT2D eigenvalue weighted by molar-refractivity contribution is 0.0259. The van der Waals surface area contributed by atoms with Gasteiger partial charge in [-0.25, -0.2) is 13.1 Å². The van der Waals surface area contributed by atoms with Crippen molar-refractivity contribution in [2.24, 2.45) is 0 Å². The van der Waals surface area contributed by atoms with E-state index in [-0.39, 0.29) is 29.7 Å². The molecule has 52 heavy (non-hydrogen) atoms. The molecule has 5 heterocycles. The number of carbonyl (C=O) groups is 2. The van der Waals surface area contributed by atoms with Gasteiger partial charge in [0.25, 0.3) is 11.8 Å². The SMILES string of the molecule is COc1ccc2c(c1)C=C(c1c(C(=O)N3CC4CC3CO4)cnn1C(C)C)Cn1c-2c(C2CCCCC2)c2ccc(C(=O)NS(=O)(=O)C(C)C)cc21. The average Bonchev–Trinajstić information content (AvgIpc) is 3.92. The fourth-order valence-corrected chi connectivity index (χ4v) is 9.28. The minimum absolute atomic E-state index is 0.0271. The highest BCUT2D eigenvalue weighted by Gasteiger charge is 2.43. The van der Waals surface area contributed by atoms with Crippen LogP contribution in [0, 0.1) is 0 Å². The lowest BCUT2D eigenvalue weighted by Crippen LogP contribution is -2.41. The molecule has 2 atom stereocenters. The van der Waals surface area contributed by atoms with E-state index in [4.69, 9.17) is 14.6 Å². The molecule has 8 rings (SSSR count). The Morgan fingerprint density at radius 3 is 2.48 bits per heavy atom. The van der Waals surface area contributed by atoms with Crippen LogP contribution >= 0.6 is 0 Å². The second-order valence-corrected chi connectivity index (χ2v) is 17.5. The lowest BCUT2D eigenvalue weighted by Gasteiger charge is -2.27. The summed E-state index contributed by atoms with van der Waals surface area (Å²) in [7, 11) is -2.17. The molecule has 1 aliphatic carbocycles. The number of ether oxygens (including phenoxy) is 2. The number of aromatic nitrogens is 3. The summed E-state index contributed by atoms with van der Waals surface area (Å²) in [5.41, 5.74) is 7.69. The second-order valence-electron chi connectivity index (χ2n) is 15.3. The zero-order valence-electron chi connectivity index (χ0n) is 30.5. The Balaban J connectivity index is 1.35. The fourth-order valence-electron chi connectivity index (χ4n) is 8.67. The van der Waals surface area contributed by atoms with E-state index in [0.29, 0.717) is 31.2 Å². The third-order valence-electron chi connectivity index (χ3n) is 11.4. The lowest BCUT2D eigenvalue weighted by atomic mass is 9.81. The highest BCUT2D eigenvalue weighted by atomic mass is 32.2. The molecule has 11 nitrogen and oxygen atoms in total. The molecule has 2 aromatic heterocycles. The molecule has 1 N–H and O–H groups in total. The van der Waals surface area contributed by atoms with E-state index in [1.165, 1.54) is 12.0 Å². The van der Waals surface area contributed by atoms with Gasteiger partial charge in [0.15, 0.2) is 0 Å². The van der Waals surface area contributed by atoms with Crippen LogP contribution in [0.25, 0.3) is 33.8 Å². The summed E-state index contributed by atoms with van der Waals surface area (Å²) in [4.78, 5) is 29.8. The quantitative estimate of drug-likeness (QED) is 0.213. The molecule has 4 aromatic rings. The standard InChI is InChI=1S/C40H47N5O6S/c1-23(2)45-37(34(19-41-45)40(47)43-21-31-18-29(43)22-51-31)28-15-27-16-30(50-5)12-14-32(27)38-36(25-9-7-6-8-10-25)33-13-11-26(17-35(33)44(38)20-28)39(46)42-52(48,49)24(3)4/h11-17,19,23-25,29,31H,6-10,18,20-22H2,1-5H3,(H,42,46). The first-order valence-electron chi connectivity index (χ1n) is 18.6. The zero-order chi connectivity index (χ0) is 36.5. The highest BCUT2D eigenvalue weighted by Crippen LogP contribution is 2.48. The first kappa shape index (κ1) is 34.7. The maximum absolute atomic E-state index is 14.4. The van der Waals surface area contributed by atoms with Gasteiger partial charge in [-0.05, 0) is 106 Å². The van der Waals surface area contributed by atoms with Gasteiger partial charge in [-0.15, -0.1) is 0 Å². The summed E-state index contributed by atoms with van der Waals surface area (Å²) >= 11 is 0. The monoisotopic (exact) mass is 725 g/mol. The Kier molecular flexibility index (Phi) is 8.81. The minimum atomic E-state index is -3.84. The molecule has 4 aliphatic rings. The van der Waals surface area contributed by atoms with Gasteiger partial charge >= 0.3 is 0 Å². The van der Waals surface area contributed by atoms with E-state index in [1.807, 2.05) is 27.8 Å². The number of likely N-dealkylation sites (tertiary alicyclic amines) is 1. The summed E-state index contributed by atoms with van der Waals surface area (Å²) < 4.78 is 43.5. The molecule has 2 amide bonds. The molecule has 0 spiro atoms. The summed E-state index contributed by atoms with van der Waals surface area (Å²) in [5.74, 6) is 0.343. The highest BCUT2D eigenvalue weighted by molar-refractivity contribution is 7.90. The van der Waals surface area contributed by atoms with Crippen molar-refractivity contribution >= 4 is 44.4 Å². The van der Waals surface area contributed by atoms with Gasteiger partial charge in [0.05, 0.1) is 60.8 Å². The molecule has 2 unspecified atom stereocenters. The second kappa shape index (κ2) is 13.2. The molecule has 0 radical (unpaired) electrons. The number of allylic oxidation sites excluding steroid dienone is 1. The molecule has 274 valence electrons. The van der Waals surface area contributed by atoms with Gasteiger partial charge < -0.3 is 18.9 Å². The molecular formula is C40H47N5O6S. The predicted octanol–water partition coefficient (Wildman–Crippen LogP) is 6.78. The summed E-state index contributed by atoms with van der Waals surface area (Å²) in [6, 6.07) is 11.7. The Morgan fingerprint density at radius 1 is 1.02 bits per heavy atom. The van der Waals surface area contributed by atoms with Gasteiger partial charge in [0, 0.05) is 34.6 Å². The number of fused-ring (bicyclic) bond motifs is 7. The summed E-state index contributed by atoms with van der Waals surface area (Å²) in [6.07, 6.45) is 10.4. The van der Waals surface area contributed by atoms with E-state index < -0.39 is 21.2 Å².